The van der Waals surface area contributed by atoms with E-state index in [2.05, 4.69) is 20.7 Å². The maximum absolute atomic E-state index is 5.59. The van der Waals surface area contributed by atoms with Gasteiger partial charge in [-0.25, -0.2) is 15.8 Å². The molecule has 1 aromatic heterocycles. The van der Waals surface area contributed by atoms with Crippen LogP contribution in [0.15, 0.2) is 6.07 Å². The van der Waals surface area contributed by atoms with Crippen LogP contribution in [0.2, 0.25) is 0 Å². The summed E-state index contributed by atoms with van der Waals surface area (Å²) in [6.07, 6.45) is 0. The largest absolute Gasteiger partial charge is 0.374 e. The molecule has 6 nitrogen and oxygen atoms in total. The van der Waals surface area contributed by atoms with E-state index in [0.717, 1.165) is 5.82 Å². The first-order valence-corrected chi connectivity index (χ1v) is 5.67. The lowest BCUT2D eigenvalue weighted by Gasteiger charge is -2.25. The summed E-state index contributed by atoms with van der Waals surface area (Å²) in [5, 5.41) is 3.21. The minimum atomic E-state index is -0.232. The van der Waals surface area contributed by atoms with Crippen molar-refractivity contribution in [2.24, 2.45) is 5.84 Å². The van der Waals surface area contributed by atoms with Crippen molar-refractivity contribution in [2.75, 3.05) is 23.9 Å². The SMILES string of the molecule is CCOC(C)(C)CNc1cc(NN)nc(C)n1. The molecule has 1 aromatic rings. The Balaban J connectivity index is 2.65. The molecule has 0 saturated carbocycles. The number of anilines is 2. The molecule has 0 aliphatic rings. The Bertz CT molecular complexity index is 367. The van der Waals surface area contributed by atoms with Crippen LogP contribution in [-0.2, 0) is 4.74 Å². The molecule has 0 atom stereocenters. The summed E-state index contributed by atoms with van der Waals surface area (Å²) in [5.41, 5.74) is 2.28. The predicted octanol–water partition coefficient (Wildman–Crippen LogP) is 1.30. The third kappa shape index (κ3) is 4.54. The van der Waals surface area contributed by atoms with E-state index in [9.17, 15) is 0 Å². The first-order chi connectivity index (χ1) is 7.96. The molecule has 1 rings (SSSR count). The lowest BCUT2D eigenvalue weighted by Crippen LogP contribution is -2.33. The Hall–Kier alpha value is -1.40. The third-order valence-corrected chi connectivity index (χ3v) is 2.22. The van der Waals surface area contributed by atoms with E-state index in [1.54, 1.807) is 6.07 Å². The summed E-state index contributed by atoms with van der Waals surface area (Å²) >= 11 is 0. The molecular formula is C11H21N5O. The number of hydrazine groups is 1. The topological polar surface area (TPSA) is 85.1 Å². The molecule has 0 aliphatic carbocycles. The van der Waals surface area contributed by atoms with Crippen LogP contribution in [-0.4, -0.2) is 28.7 Å². The lowest BCUT2D eigenvalue weighted by atomic mass is 10.1. The maximum Gasteiger partial charge on any atom is 0.145 e. The molecule has 96 valence electrons. The highest BCUT2D eigenvalue weighted by molar-refractivity contribution is 5.46. The summed E-state index contributed by atoms with van der Waals surface area (Å²) in [6, 6.07) is 1.76. The van der Waals surface area contributed by atoms with Gasteiger partial charge in [-0.2, -0.15) is 0 Å². The Labute approximate surface area is 102 Å². The minimum Gasteiger partial charge on any atom is -0.374 e. The fraction of sp³-hybridized carbons (Fsp3) is 0.636. The second-order valence-corrected chi connectivity index (χ2v) is 4.38. The second kappa shape index (κ2) is 5.79. The number of aromatic nitrogens is 2. The molecule has 0 unspecified atom stereocenters. The van der Waals surface area contributed by atoms with Gasteiger partial charge in [-0.1, -0.05) is 0 Å². The van der Waals surface area contributed by atoms with Crippen LogP contribution in [0.1, 0.15) is 26.6 Å². The van der Waals surface area contributed by atoms with Gasteiger partial charge in [0.2, 0.25) is 0 Å². The molecule has 4 N–H and O–H groups in total. The van der Waals surface area contributed by atoms with Crippen LogP contribution < -0.4 is 16.6 Å². The van der Waals surface area contributed by atoms with E-state index in [1.165, 1.54) is 0 Å². The van der Waals surface area contributed by atoms with Crippen molar-refractivity contribution in [1.29, 1.82) is 0 Å². The van der Waals surface area contributed by atoms with Gasteiger partial charge in [0, 0.05) is 19.2 Å². The maximum atomic E-state index is 5.59. The summed E-state index contributed by atoms with van der Waals surface area (Å²) in [4.78, 5) is 8.39. The average Bonchev–Trinajstić information content (AvgIpc) is 2.26. The summed E-state index contributed by atoms with van der Waals surface area (Å²) in [7, 11) is 0. The number of aryl methyl sites for hydroxylation is 1. The molecular weight excluding hydrogens is 218 g/mol. The summed E-state index contributed by atoms with van der Waals surface area (Å²) in [6.45, 7) is 9.21. The van der Waals surface area contributed by atoms with Gasteiger partial charge >= 0.3 is 0 Å². The van der Waals surface area contributed by atoms with Gasteiger partial charge < -0.3 is 15.5 Å². The van der Waals surface area contributed by atoms with Crippen LogP contribution in [0, 0.1) is 6.92 Å². The molecule has 0 radical (unpaired) electrons. The van der Waals surface area contributed by atoms with Crippen molar-refractivity contribution in [3.8, 4) is 0 Å². The van der Waals surface area contributed by atoms with Crippen LogP contribution in [0.4, 0.5) is 11.6 Å². The molecule has 0 amide bonds. The van der Waals surface area contributed by atoms with Crippen molar-refractivity contribution in [3.05, 3.63) is 11.9 Å². The molecule has 0 fully saturated rings. The molecule has 0 bridgehead atoms. The van der Waals surface area contributed by atoms with Gasteiger partial charge in [0.1, 0.15) is 17.5 Å². The Kier molecular flexibility index (Phi) is 4.65. The standard InChI is InChI=1S/C11H21N5O/c1-5-17-11(3,4)7-13-9-6-10(16-12)15-8(2)14-9/h6H,5,7,12H2,1-4H3,(H2,13,14,15,16). The highest BCUT2D eigenvalue weighted by Gasteiger charge is 2.17. The number of ether oxygens (including phenoxy) is 1. The molecule has 6 heteroatoms. The van der Waals surface area contributed by atoms with Gasteiger partial charge in [0.05, 0.1) is 5.60 Å². The van der Waals surface area contributed by atoms with E-state index < -0.39 is 0 Å². The highest BCUT2D eigenvalue weighted by Crippen LogP contribution is 2.13. The molecule has 17 heavy (non-hydrogen) atoms. The third-order valence-electron chi connectivity index (χ3n) is 2.22. The fourth-order valence-electron chi connectivity index (χ4n) is 1.48. The van der Waals surface area contributed by atoms with Crippen molar-refractivity contribution in [3.63, 3.8) is 0 Å². The predicted molar refractivity (Wildman–Crippen MR) is 68.8 cm³/mol. The quantitative estimate of drug-likeness (QED) is 0.512. The van der Waals surface area contributed by atoms with E-state index >= 15 is 0 Å². The van der Waals surface area contributed by atoms with Crippen LogP contribution in [0.5, 0.6) is 0 Å². The highest BCUT2D eigenvalue weighted by atomic mass is 16.5. The number of nitrogens with zero attached hydrogens (tertiary/aromatic N) is 2. The fourth-order valence-corrected chi connectivity index (χ4v) is 1.48. The number of rotatable bonds is 6. The monoisotopic (exact) mass is 239 g/mol. The average molecular weight is 239 g/mol. The van der Waals surface area contributed by atoms with E-state index in [1.807, 2.05) is 27.7 Å². The van der Waals surface area contributed by atoms with Crippen molar-refractivity contribution in [1.82, 2.24) is 9.97 Å². The lowest BCUT2D eigenvalue weighted by molar-refractivity contribution is 0.000638. The van der Waals surface area contributed by atoms with Crippen molar-refractivity contribution in [2.45, 2.75) is 33.3 Å². The van der Waals surface area contributed by atoms with Crippen LogP contribution >= 0.6 is 0 Å². The van der Waals surface area contributed by atoms with E-state index in [0.29, 0.717) is 24.8 Å². The normalized spacial score (nSPS) is 11.4. The summed E-state index contributed by atoms with van der Waals surface area (Å²) in [5.74, 6) is 7.31. The number of hydrogen-bond acceptors (Lipinski definition) is 6. The number of nitrogens with two attached hydrogens (primary N) is 1. The zero-order chi connectivity index (χ0) is 12.9. The van der Waals surface area contributed by atoms with Crippen LogP contribution in [0.3, 0.4) is 0 Å². The van der Waals surface area contributed by atoms with Crippen LogP contribution in [0.25, 0.3) is 0 Å². The van der Waals surface area contributed by atoms with E-state index in [-0.39, 0.29) is 5.60 Å². The van der Waals surface area contributed by atoms with Gasteiger partial charge in [-0.05, 0) is 27.7 Å². The number of nitrogen functional groups attached to an aromatic ring is 1. The molecule has 0 aromatic carbocycles. The number of hydrogen-bond donors (Lipinski definition) is 3. The smallest absolute Gasteiger partial charge is 0.145 e. The van der Waals surface area contributed by atoms with Crippen molar-refractivity contribution < 1.29 is 4.74 Å². The van der Waals surface area contributed by atoms with Gasteiger partial charge in [0.15, 0.2) is 0 Å². The zero-order valence-corrected chi connectivity index (χ0v) is 10.9. The van der Waals surface area contributed by atoms with Crippen molar-refractivity contribution >= 4 is 11.6 Å². The Morgan fingerprint density at radius 3 is 2.59 bits per heavy atom. The summed E-state index contributed by atoms with van der Waals surface area (Å²) < 4.78 is 5.59. The first kappa shape index (κ1) is 13.7. The molecule has 1 heterocycles. The van der Waals surface area contributed by atoms with E-state index in [4.69, 9.17) is 10.6 Å². The number of nitrogens with one attached hydrogen (secondary N) is 2. The van der Waals surface area contributed by atoms with Gasteiger partial charge in [-0.3, -0.25) is 0 Å². The molecule has 0 aliphatic heterocycles. The molecule has 0 saturated heterocycles. The second-order valence-electron chi connectivity index (χ2n) is 4.38. The van der Waals surface area contributed by atoms with Gasteiger partial charge in [-0.15, -0.1) is 0 Å². The first-order valence-electron chi connectivity index (χ1n) is 5.67. The van der Waals surface area contributed by atoms with Gasteiger partial charge in [0.25, 0.3) is 0 Å². The Morgan fingerprint density at radius 2 is 2.00 bits per heavy atom. The zero-order valence-electron chi connectivity index (χ0n) is 10.9. The Morgan fingerprint density at radius 1 is 1.35 bits per heavy atom. The molecule has 0 spiro atoms. The minimum absolute atomic E-state index is 0.232.